The number of nitrogens with zero attached hydrogens (tertiary/aromatic N) is 4. The van der Waals surface area contributed by atoms with Gasteiger partial charge in [-0.25, -0.2) is 19.3 Å². The van der Waals surface area contributed by atoms with Gasteiger partial charge in [-0.1, -0.05) is 18.2 Å². The molecular formula is C25H25FN6O2. The summed E-state index contributed by atoms with van der Waals surface area (Å²) in [5, 5.41) is 1.55. The molecule has 0 radical (unpaired) electrons. The minimum atomic E-state index is -0.682. The van der Waals surface area contributed by atoms with Crippen molar-refractivity contribution in [3.05, 3.63) is 65.9 Å². The Morgan fingerprint density at radius 3 is 2.76 bits per heavy atom. The highest BCUT2D eigenvalue weighted by molar-refractivity contribution is 5.86. The predicted octanol–water partition coefficient (Wildman–Crippen LogP) is 3.92. The van der Waals surface area contributed by atoms with E-state index in [4.69, 9.17) is 20.9 Å². The van der Waals surface area contributed by atoms with E-state index in [1.807, 2.05) is 44.3 Å². The molecule has 34 heavy (non-hydrogen) atoms. The van der Waals surface area contributed by atoms with E-state index in [2.05, 4.69) is 25.6 Å². The summed E-state index contributed by atoms with van der Waals surface area (Å²) in [6.07, 6.45) is 6.92. The monoisotopic (exact) mass is 460 g/mol. The molecule has 4 aromatic rings. The minimum absolute atomic E-state index is 0.0744. The van der Waals surface area contributed by atoms with Crippen LogP contribution >= 0.6 is 0 Å². The highest BCUT2D eigenvalue weighted by Crippen LogP contribution is 2.45. The van der Waals surface area contributed by atoms with Crippen molar-refractivity contribution < 1.29 is 13.9 Å². The molecule has 4 heterocycles. The van der Waals surface area contributed by atoms with Crippen molar-refractivity contribution in [3.8, 4) is 0 Å². The van der Waals surface area contributed by atoms with E-state index in [0.29, 0.717) is 11.3 Å². The third-order valence-electron chi connectivity index (χ3n) is 6.64. The number of halogens is 1. The molecule has 1 fully saturated rings. The molecular weight excluding hydrogens is 435 g/mol. The molecule has 6 rings (SSSR count). The van der Waals surface area contributed by atoms with Crippen molar-refractivity contribution in [2.24, 2.45) is 0 Å². The zero-order valence-corrected chi connectivity index (χ0v) is 18.9. The first-order chi connectivity index (χ1) is 16.3. The molecule has 0 bridgehead atoms. The summed E-state index contributed by atoms with van der Waals surface area (Å²) >= 11 is 0. The maximum Gasteiger partial charge on any atom is 0.165 e. The molecule has 174 valence electrons. The third-order valence-corrected chi connectivity index (χ3v) is 6.64. The topological polar surface area (TPSA) is 114 Å². The van der Waals surface area contributed by atoms with Crippen LogP contribution in [0.2, 0.25) is 0 Å². The van der Waals surface area contributed by atoms with Gasteiger partial charge in [0.2, 0.25) is 0 Å². The first-order valence-corrected chi connectivity index (χ1v) is 11.3. The predicted molar refractivity (Wildman–Crippen MR) is 127 cm³/mol. The van der Waals surface area contributed by atoms with Crippen LogP contribution in [0, 0.1) is 5.82 Å². The van der Waals surface area contributed by atoms with Crippen LogP contribution in [-0.2, 0) is 15.9 Å². The lowest BCUT2D eigenvalue weighted by molar-refractivity contribution is -0.147. The number of hydrogen-bond acceptors (Lipinski definition) is 7. The van der Waals surface area contributed by atoms with Gasteiger partial charge in [0, 0.05) is 11.6 Å². The molecule has 1 saturated heterocycles. The molecule has 3 atom stereocenters. The molecule has 0 amide bonds. The molecule has 0 unspecified atom stereocenters. The first-order valence-electron chi connectivity index (χ1n) is 11.3. The Kier molecular flexibility index (Phi) is 4.62. The summed E-state index contributed by atoms with van der Waals surface area (Å²) in [5.41, 5.74) is 15.4. The van der Waals surface area contributed by atoms with Crippen molar-refractivity contribution in [1.29, 1.82) is 0 Å². The number of hydrogen-bond donors (Lipinski definition) is 2. The molecule has 4 N–H and O–H groups in total. The summed E-state index contributed by atoms with van der Waals surface area (Å²) in [4.78, 5) is 12.7. The van der Waals surface area contributed by atoms with Crippen LogP contribution in [0.3, 0.4) is 0 Å². The van der Waals surface area contributed by atoms with E-state index < -0.39 is 11.6 Å². The lowest BCUT2D eigenvalue weighted by atomic mass is 10.0. The summed E-state index contributed by atoms with van der Waals surface area (Å²) in [7, 11) is 0. The van der Waals surface area contributed by atoms with E-state index in [1.54, 1.807) is 0 Å². The molecule has 0 saturated carbocycles. The second-order valence-corrected chi connectivity index (χ2v) is 9.35. The van der Waals surface area contributed by atoms with Gasteiger partial charge in [-0.15, -0.1) is 0 Å². The van der Waals surface area contributed by atoms with Crippen LogP contribution in [0.15, 0.2) is 54.5 Å². The second-order valence-electron chi connectivity index (χ2n) is 9.35. The number of benzene rings is 1. The van der Waals surface area contributed by atoms with E-state index >= 15 is 0 Å². The minimum Gasteiger partial charge on any atom is -0.383 e. The quantitative estimate of drug-likeness (QED) is 0.444. The number of rotatable bonds is 4. The number of pyridine rings is 1. The van der Waals surface area contributed by atoms with Crippen molar-refractivity contribution >= 4 is 33.6 Å². The standard InChI is InChI=1S/C25H25FN6O2/c1-25(2)33-20-15(6-4-13-3-5-14-10-17(26)23(28)31-18(14)9-13)11-19(21(20)34-25)32-8-7-16-22(27)29-12-30-24(16)32/h3,5,7-12,19-21H,4,6H2,1-2H3,(H2,28,31)(H2,27,29,30)/t19-,20-,21+/m1/s1. The molecule has 1 aliphatic heterocycles. The number of aromatic nitrogens is 4. The highest BCUT2D eigenvalue weighted by Gasteiger charge is 2.50. The first kappa shape index (κ1) is 21.0. The van der Waals surface area contributed by atoms with Crippen molar-refractivity contribution in [1.82, 2.24) is 19.5 Å². The zero-order chi connectivity index (χ0) is 23.6. The summed E-state index contributed by atoms with van der Waals surface area (Å²) in [6.45, 7) is 3.87. The number of aryl methyl sites for hydroxylation is 1. The van der Waals surface area contributed by atoms with Gasteiger partial charge in [-0.2, -0.15) is 0 Å². The number of ether oxygens (including phenoxy) is 2. The Balaban J connectivity index is 1.31. The molecule has 8 nitrogen and oxygen atoms in total. The maximum absolute atomic E-state index is 13.7. The van der Waals surface area contributed by atoms with Gasteiger partial charge in [0.15, 0.2) is 17.4 Å². The van der Waals surface area contributed by atoms with Gasteiger partial charge >= 0.3 is 0 Å². The molecule has 1 aliphatic carbocycles. The molecule has 0 spiro atoms. The Bertz CT molecular complexity index is 1460. The van der Waals surface area contributed by atoms with Gasteiger partial charge in [0.25, 0.3) is 0 Å². The van der Waals surface area contributed by atoms with E-state index in [9.17, 15) is 4.39 Å². The molecule has 1 aromatic carbocycles. The van der Waals surface area contributed by atoms with E-state index in [-0.39, 0.29) is 24.1 Å². The average Bonchev–Trinajstić information content (AvgIpc) is 3.45. The highest BCUT2D eigenvalue weighted by atomic mass is 19.1. The van der Waals surface area contributed by atoms with Crippen LogP contribution in [-0.4, -0.2) is 37.5 Å². The van der Waals surface area contributed by atoms with Crippen LogP contribution in [0.4, 0.5) is 16.0 Å². The van der Waals surface area contributed by atoms with E-state index in [1.165, 1.54) is 18.0 Å². The fraction of sp³-hybridized carbons (Fsp3) is 0.320. The molecule has 9 heteroatoms. The second kappa shape index (κ2) is 7.48. The van der Waals surface area contributed by atoms with Crippen LogP contribution in [0.1, 0.15) is 31.9 Å². The average molecular weight is 461 g/mol. The Morgan fingerprint density at radius 1 is 1.06 bits per heavy atom. The normalized spacial score (nSPS) is 23.5. The van der Waals surface area contributed by atoms with Crippen molar-refractivity contribution in [3.63, 3.8) is 0 Å². The summed E-state index contributed by atoms with van der Waals surface area (Å²) in [5.74, 6) is -0.815. The van der Waals surface area contributed by atoms with Crippen LogP contribution < -0.4 is 11.5 Å². The van der Waals surface area contributed by atoms with Crippen molar-refractivity contribution in [2.45, 2.75) is 50.7 Å². The Labute approximate surface area is 195 Å². The van der Waals surface area contributed by atoms with Gasteiger partial charge in [0.05, 0.1) is 16.9 Å². The van der Waals surface area contributed by atoms with Crippen molar-refractivity contribution in [2.75, 3.05) is 11.5 Å². The number of fused-ring (bicyclic) bond motifs is 3. The number of nitrogen functional groups attached to an aromatic ring is 2. The summed E-state index contributed by atoms with van der Waals surface area (Å²) < 4.78 is 28.4. The lowest BCUT2D eigenvalue weighted by Crippen LogP contribution is -2.27. The van der Waals surface area contributed by atoms with Gasteiger partial charge in [-0.05, 0) is 56.0 Å². The smallest absolute Gasteiger partial charge is 0.165 e. The third kappa shape index (κ3) is 3.39. The number of nitrogens with two attached hydrogens (primary N) is 2. The van der Waals surface area contributed by atoms with E-state index in [0.717, 1.165) is 34.8 Å². The van der Waals surface area contributed by atoms with Gasteiger partial charge in [0.1, 0.15) is 30.0 Å². The number of anilines is 2. The Hall–Kier alpha value is -3.56. The molecule has 3 aromatic heterocycles. The summed E-state index contributed by atoms with van der Waals surface area (Å²) in [6, 6.07) is 9.12. The fourth-order valence-corrected chi connectivity index (χ4v) is 5.08. The van der Waals surface area contributed by atoms with Gasteiger partial charge < -0.3 is 25.5 Å². The fourth-order valence-electron chi connectivity index (χ4n) is 5.08. The molecule has 2 aliphatic rings. The van der Waals surface area contributed by atoms with Crippen LogP contribution in [0.25, 0.3) is 21.9 Å². The SMILES string of the molecule is CC1(C)O[C@@H]2[C@H](O1)C(CCc1ccc3cc(F)c(N)nc3c1)=C[C@H]2n1ccc2c(N)ncnc21. The zero-order valence-electron chi connectivity index (χ0n) is 18.9. The lowest BCUT2D eigenvalue weighted by Gasteiger charge is -2.22. The maximum atomic E-state index is 13.7. The Morgan fingerprint density at radius 2 is 1.91 bits per heavy atom. The van der Waals surface area contributed by atoms with Gasteiger partial charge in [-0.3, -0.25) is 0 Å². The van der Waals surface area contributed by atoms with Crippen LogP contribution in [0.5, 0.6) is 0 Å². The largest absolute Gasteiger partial charge is 0.383 e.